The third-order valence-electron chi connectivity index (χ3n) is 2.11. The molecule has 0 aliphatic heterocycles. The van der Waals surface area contributed by atoms with Crippen molar-refractivity contribution in [2.24, 2.45) is 0 Å². The van der Waals surface area contributed by atoms with Crippen LogP contribution in [0.15, 0.2) is 35.7 Å². The van der Waals surface area contributed by atoms with Gasteiger partial charge in [-0.25, -0.2) is 9.97 Å². The van der Waals surface area contributed by atoms with E-state index in [4.69, 9.17) is 11.6 Å². The highest BCUT2D eigenvalue weighted by Crippen LogP contribution is 2.29. The van der Waals surface area contributed by atoms with E-state index in [1.807, 2.05) is 0 Å². The van der Waals surface area contributed by atoms with Crippen LogP contribution in [0.3, 0.4) is 0 Å². The van der Waals surface area contributed by atoms with E-state index in [9.17, 15) is 13.2 Å². The molecule has 0 aliphatic rings. The molecular weight excluding hydrogens is 299 g/mol. The largest absolute Gasteiger partial charge is 0.417 e. The average Bonchev–Trinajstić information content (AvgIpc) is 2.37. The summed E-state index contributed by atoms with van der Waals surface area (Å²) in [6, 6.07) is 2.33. The van der Waals surface area contributed by atoms with Crippen LogP contribution < -0.4 is 0 Å². The summed E-state index contributed by atoms with van der Waals surface area (Å²) in [7, 11) is 0. The zero-order chi connectivity index (χ0) is 13.9. The molecule has 0 aromatic carbocycles. The number of hydrogen-bond acceptors (Lipinski definition) is 4. The molecule has 8 heteroatoms. The maximum Gasteiger partial charge on any atom is 0.417 e. The van der Waals surface area contributed by atoms with Crippen LogP contribution in [0.1, 0.15) is 11.3 Å². The summed E-state index contributed by atoms with van der Waals surface area (Å²) >= 11 is 6.86. The molecule has 0 atom stereocenters. The highest BCUT2D eigenvalue weighted by atomic mass is 35.5. The molecule has 0 saturated heterocycles. The van der Waals surface area contributed by atoms with E-state index < -0.39 is 11.7 Å². The molecule has 0 saturated carbocycles. The predicted octanol–water partition coefficient (Wildman–Crippen LogP) is 3.84. The molecule has 3 nitrogen and oxygen atoms in total. The smallest absolute Gasteiger partial charge is 0.256 e. The van der Waals surface area contributed by atoms with E-state index in [0.717, 1.165) is 12.3 Å². The normalized spacial score (nSPS) is 11.6. The summed E-state index contributed by atoms with van der Waals surface area (Å²) < 4.78 is 37.0. The third kappa shape index (κ3) is 4.07. The van der Waals surface area contributed by atoms with Crippen molar-refractivity contribution in [2.75, 3.05) is 0 Å². The number of rotatable bonds is 3. The fourth-order valence-corrected chi connectivity index (χ4v) is 2.03. The van der Waals surface area contributed by atoms with Gasteiger partial charge in [0.15, 0.2) is 0 Å². The number of pyridine rings is 1. The first-order valence-electron chi connectivity index (χ1n) is 5.07. The molecule has 0 N–H and O–H groups in total. The number of alkyl halides is 3. The maximum atomic E-state index is 12.3. The Morgan fingerprint density at radius 3 is 2.37 bits per heavy atom. The lowest BCUT2D eigenvalue weighted by molar-refractivity contribution is -0.137. The first-order valence-corrected chi connectivity index (χ1v) is 6.44. The van der Waals surface area contributed by atoms with Gasteiger partial charge < -0.3 is 0 Å². The third-order valence-corrected chi connectivity index (χ3v) is 3.28. The maximum absolute atomic E-state index is 12.3. The number of thioether (sulfide) groups is 1. The van der Waals surface area contributed by atoms with E-state index in [2.05, 4.69) is 15.0 Å². The van der Waals surface area contributed by atoms with Crippen molar-refractivity contribution < 1.29 is 13.2 Å². The van der Waals surface area contributed by atoms with Crippen LogP contribution in [0.4, 0.5) is 13.2 Å². The van der Waals surface area contributed by atoms with Gasteiger partial charge >= 0.3 is 6.18 Å². The Bertz CT molecular complexity index is 543. The van der Waals surface area contributed by atoms with Crippen LogP contribution in [-0.2, 0) is 11.9 Å². The summed E-state index contributed by atoms with van der Waals surface area (Å²) in [5, 5.41) is 0.783. The van der Waals surface area contributed by atoms with Crippen molar-refractivity contribution in [1.29, 1.82) is 0 Å². The Morgan fingerprint density at radius 2 is 1.84 bits per heavy atom. The molecular formula is C11H7ClF3N3S. The van der Waals surface area contributed by atoms with Gasteiger partial charge in [0.05, 0.1) is 28.7 Å². The molecule has 19 heavy (non-hydrogen) atoms. The standard InChI is InChI=1S/C11H7ClF3N3S/c12-9-5-16-8(4-17-9)6-19-10-2-1-7(3-18-10)11(13,14)15/h1-5H,6H2. The Kier molecular flexibility index (Phi) is 4.26. The molecule has 2 heterocycles. The van der Waals surface area contributed by atoms with Crippen molar-refractivity contribution in [3.05, 3.63) is 47.1 Å². The SMILES string of the molecule is FC(F)(F)c1ccc(SCc2cnc(Cl)cn2)nc1. The van der Waals surface area contributed by atoms with Crippen LogP contribution in [0.25, 0.3) is 0 Å². The van der Waals surface area contributed by atoms with Gasteiger partial charge in [-0.1, -0.05) is 23.4 Å². The van der Waals surface area contributed by atoms with Gasteiger partial charge in [-0.05, 0) is 12.1 Å². The summed E-state index contributed by atoms with van der Waals surface area (Å²) in [5.41, 5.74) is -0.0840. The second kappa shape index (κ2) is 5.75. The molecule has 2 aromatic rings. The summed E-state index contributed by atoms with van der Waals surface area (Å²) in [6.45, 7) is 0. The molecule has 100 valence electrons. The Hall–Kier alpha value is -1.34. The van der Waals surface area contributed by atoms with Gasteiger partial charge in [0.25, 0.3) is 0 Å². The van der Waals surface area contributed by atoms with Crippen molar-refractivity contribution in [1.82, 2.24) is 15.0 Å². The van der Waals surface area contributed by atoms with Gasteiger partial charge in [0.1, 0.15) is 5.15 Å². The highest BCUT2D eigenvalue weighted by molar-refractivity contribution is 7.98. The van der Waals surface area contributed by atoms with Crippen LogP contribution in [0.5, 0.6) is 0 Å². The van der Waals surface area contributed by atoms with Gasteiger partial charge in [-0.3, -0.25) is 4.98 Å². The quantitative estimate of drug-likeness (QED) is 0.808. The van der Waals surface area contributed by atoms with E-state index in [0.29, 0.717) is 21.6 Å². The monoisotopic (exact) mass is 305 g/mol. The van der Waals surface area contributed by atoms with Gasteiger partial charge in [-0.2, -0.15) is 13.2 Å². The molecule has 0 spiro atoms. The van der Waals surface area contributed by atoms with Crippen molar-refractivity contribution in [3.63, 3.8) is 0 Å². The van der Waals surface area contributed by atoms with Crippen LogP contribution in [-0.4, -0.2) is 15.0 Å². The second-order valence-electron chi connectivity index (χ2n) is 3.50. The lowest BCUT2D eigenvalue weighted by atomic mass is 10.3. The van der Waals surface area contributed by atoms with Gasteiger partial charge in [0.2, 0.25) is 0 Å². The van der Waals surface area contributed by atoms with Crippen molar-refractivity contribution in [2.45, 2.75) is 17.0 Å². The zero-order valence-corrected chi connectivity index (χ0v) is 10.9. The Morgan fingerprint density at radius 1 is 1.05 bits per heavy atom. The Balaban J connectivity index is 1.98. The highest BCUT2D eigenvalue weighted by Gasteiger charge is 2.30. The molecule has 0 radical (unpaired) electrons. The molecule has 2 rings (SSSR count). The van der Waals surface area contributed by atoms with Gasteiger partial charge in [-0.15, -0.1) is 0 Å². The molecule has 0 unspecified atom stereocenters. The van der Waals surface area contributed by atoms with Crippen LogP contribution >= 0.6 is 23.4 Å². The van der Waals surface area contributed by atoms with Crippen LogP contribution in [0, 0.1) is 0 Å². The average molecular weight is 306 g/mol. The summed E-state index contributed by atoms with van der Waals surface area (Å²) in [5.74, 6) is 0.461. The summed E-state index contributed by atoms with van der Waals surface area (Å²) in [4.78, 5) is 11.6. The molecule has 0 fully saturated rings. The number of hydrogen-bond donors (Lipinski definition) is 0. The molecule has 0 bridgehead atoms. The van der Waals surface area contributed by atoms with E-state index in [1.165, 1.54) is 30.2 Å². The van der Waals surface area contributed by atoms with Gasteiger partial charge in [0, 0.05) is 11.9 Å². The summed E-state index contributed by atoms with van der Waals surface area (Å²) in [6.07, 6.45) is -0.620. The van der Waals surface area contributed by atoms with Crippen molar-refractivity contribution in [3.8, 4) is 0 Å². The number of halogens is 4. The molecule has 2 aromatic heterocycles. The van der Waals surface area contributed by atoms with E-state index in [1.54, 1.807) is 0 Å². The van der Waals surface area contributed by atoms with E-state index >= 15 is 0 Å². The fourth-order valence-electron chi connectivity index (χ4n) is 1.19. The zero-order valence-electron chi connectivity index (χ0n) is 9.36. The molecule has 0 amide bonds. The first-order chi connectivity index (χ1) is 8.95. The second-order valence-corrected chi connectivity index (χ2v) is 4.88. The van der Waals surface area contributed by atoms with Crippen LogP contribution in [0.2, 0.25) is 5.15 Å². The minimum absolute atomic E-state index is 0.293. The number of nitrogens with zero attached hydrogens (tertiary/aromatic N) is 3. The molecule has 0 aliphatic carbocycles. The Labute approximate surface area is 116 Å². The lowest BCUT2D eigenvalue weighted by Gasteiger charge is -2.06. The van der Waals surface area contributed by atoms with E-state index in [-0.39, 0.29) is 0 Å². The minimum Gasteiger partial charge on any atom is -0.256 e. The number of aromatic nitrogens is 3. The lowest BCUT2D eigenvalue weighted by Crippen LogP contribution is -2.05. The predicted molar refractivity (Wildman–Crippen MR) is 65.8 cm³/mol. The van der Waals surface area contributed by atoms with Crippen molar-refractivity contribution >= 4 is 23.4 Å². The first kappa shape index (κ1) is 14.1. The fraction of sp³-hybridized carbons (Fsp3) is 0.182. The topological polar surface area (TPSA) is 38.7 Å². The minimum atomic E-state index is -4.36.